The first-order valence-electron chi connectivity index (χ1n) is 10.0. The van der Waals surface area contributed by atoms with Gasteiger partial charge in [0.2, 0.25) is 5.91 Å². The van der Waals surface area contributed by atoms with E-state index < -0.39 is 10.8 Å². The first-order chi connectivity index (χ1) is 14.2. The topological polar surface area (TPSA) is 46.2 Å². The van der Waals surface area contributed by atoms with Gasteiger partial charge in [-0.2, -0.15) is 0 Å². The van der Waals surface area contributed by atoms with E-state index in [1.54, 1.807) is 0 Å². The van der Waals surface area contributed by atoms with E-state index >= 15 is 0 Å². The molecule has 3 nitrogen and oxygen atoms in total. The second kappa shape index (κ2) is 9.19. The van der Waals surface area contributed by atoms with Crippen LogP contribution in [0.25, 0.3) is 0 Å². The van der Waals surface area contributed by atoms with Gasteiger partial charge in [0.25, 0.3) is 0 Å². The fourth-order valence-corrected chi connectivity index (χ4v) is 5.25. The number of hydrogen-bond donors (Lipinski definition) is 1. The number of fused-ring (bicyclic) bond motifs is 1. The lowest BCUT2D eigenvalue weighted by molar-refractivity contribution is -0.116. The van der Waals surface area contributed by atoms with Gasteiger partial charge >= 0.3 is 0 Å². The highest BCUT2D eigenvalue weighted by molar-refractivity contribution is 7.83. The Morgan fingerprint density at radius 3 is 2.48 bits per heavy atom. The molecule has 0 aliphatic heterocycles. The van der Waals surface area contributed by atoms with Crippen molar-refractivity contribution in [2.45, 2.75) is 36.7 Å². The third-order valence-corrected chi connectivity index (χ3v) is 6.71. The van der Waals surface area contributed by atoms with Crippen molar-refractivity contribution in [1.29, 1.82) is 0 Å². The van der Waals surface area contributed by atoms with Gasteiger partial charge < -0.3 is 5.32 Å². The van der Waals surface area contributed by atoms with Crippen LogP contribution in [0.3, 0.4) is 0 Å². The van der Waals surface area contributed by atoms with Crippen LogP contribution in [0.15, 0.2) is 78.9 Å². The molecular weight excluding hydrogens is 378 g/mol. The number of carbonyl (C=O) groups excluding carboxylic acids is 1. The van der Waals surface area contributed by atoms with E-state index in [9.17, 15) is 9.00 Å². The molecule has 2 unspecified atom stereocenters. The van der Waals surface area contributed by atoms with Crippen LogP contribution in [0.5, 0.6) is 0 Å². The van der Waals surface area contributed by atoms with Crippen LogP contribution in [0.4, 0.5) is 5.69 Å². The molecule has 1 amide bonds. The van der Waals surface area contributed by atoms with Crippen LogP contribution in [0, 0.1) is 0 Å². The van der Waals surface area contributed by atoms with Gasteiger partial charge in [0, 0.05) is 34.4 Å². The molecule has 4 rings (SSSR count). The number of carbonyl (C=O) groups is 1. The standard InChI is InChI=1S/C25H25NO2S/c27-25(16-22-14-13-21-10-4-5-12-24(21)22)26-23-11-6-9-20(15-23)18-29(28)17-19-7-2-1-3-8-19/h1-12,15,22H,13-14,16-18H2,(H,26,27). The highest BCUT2D eigenvalue weighted by atomic mass is 32.2. The Labute approximate surface area is 174 Å². The van der Waals surface area contributed by atoms with Gasteiger partial charge in [-0.1, -0.05) is 66.7 Å². The summed E-state index contributed by atoms with van der Waals surface area (Å²) in [6.07, 6.45) is 2.59. The summed E-state index contributed by atoms with van der Waals surface area (Å²) in [7, 11) is -0.984. The monoisotopic (exact) mass is 403 g/mol. The van der Waals surface area contributed by atoms with Crippen molar-refractivity contribution < 1.29 is 9.00 Å². The third-order valence-electron chi connectivity index (χ3n) is 5.40. The molecule has 3 aromatic rings. The fourth-order valence-electron chi connectivity index (χ4n) is 4.03. The predicted molar refractivity (Wildman–Crippen MR) is 119 cm³/mol. The number of rotatable bonds is 7. The summed E-state index contributed by atoms with van der Waals surface area (Å²) < 4.78 is 12.5. The van der Waals surface area contributed by atoms with Crippen molar-refractivity contribution >= 4 is 22.4 Å². The number of anilines is 1. The normalized spacial score (nSPS) is 16.2. The molecule has 0 heterocycles. The van der Waals surface area contributed by atoms with Crippen LogP contribution in [-0.2, 0) is 33.5 Å². The zero-order chi connectivity index (χ0) is 20.1. The second-order valence-corrected chi connectivity index (χ2v) is 9.06. The maximum Gasteiger partial charge on any atom is 0.224 e. The van der Waals surface area contributed by atoms with Crippen LogP contribution >= 0.6 is 0 Å². The quantitative estimate of drug-likeness (QED) is 0.590. The van der Waals surface area contributed by atoms with Crippen LogP contribution in [0.2, 0.25) is 0 Å². The lowest BCUT2D eigenvalue weighted by atomic mass is 9.97. The van der Waals surface area contributed by atoms with Crippen LogP contribution in [-0.4, -0.2) is 10.1 Å². The van der Waals surface area contributed by atoms with Gasteiger partial charge in [-0.05, 0) is 53.1 Å². The molecule has 1 aliphatic rings. The van der Waals surface area contributed by atoms with Crippen molar-refractivity contribution in [2.75, 3.05) is 5.32 Å². The number of benzene rings is 3. The summed E-state index contributed by atoms with van der Waals surface area (Å²) >= 11 is 0. The molecule has 0 saturated carbocycles. The van der Waals surface area contributed by atoms with Crippen molar-refractivity contribution in [3.8, 4) is 0 Å². The molecule has 148 valence electrons. The maximum absolute atomic E-state index is 12.6. The third kappa shape index (κ3) is 5.21. The largest absolute Gasteiger partial charge is 0.326 e. The predicted octanol–water partition coefficient (Wildman–Crippen LogP) is 5.19. The molecule has 0 fully saturated rings. The molecule has 3 aromatic carbocycles. The van der Waals surface area contributed by atoms with E-state index in [1.807, 2.05) is 60.7 Å². The van der Waals surface area contributed by atoms with E-state index in [2.05, 4.69) is 23.5 Å². The molecule has 0 spiro atoms. The van der Waals surface area contributed by atoms with Crippen molar-refractivity contribution in [3.05, 3.63) is 101 Å². The molecule has 2 atom stereocenters. The van der Waals surface area contributed by atoms with Gasteiger partial charge in [-0.15, -0.1) is 0 Å². The van der Waals surface area contributed by atoms with Crippen molar-refractivity contribution in [1.82, 2.24) is 0 Å². The summed E-state index contributed by atoms with van der Waals surface area (Å²) in [5, 5.41) is 3.03. The first-order valence-corrected chi connectivity index (χ1v) is 11.5. The average molecular weight is 404 g/mol. The Hall–Kier alpha value is -2.72. The lowest BCUT2D eigenvalue weighted by Gasteiger charge is -2.12. The smallest absolute Gasteiger partial charge is 0.224 e. The van der Waals surface area contributed by atoms with Crippen molar-refractivity contribution in [3.63, 3.8) is 0 Å². The second-order valence-electron chi connectivity index (χ2n) is 7.60. The van der Waals surface area contributed by atoms with E-state index in [0.29, 0.717) is 23.8 Å². The van der Waals surface area contributed by atoms with Crippen LogP contribution in [0.1, 0.15) is 41.0 Å². The summed E-state index contributed by atoms with van der Waals surface area (Å²) in [4.78, 5) is 12.6. The van der Waals surface area contributed by atoms with E-state index in [4.69, 9.17) is 0 Å². The first kappa shape index (κ1) is 19.6. The molecule has 0 radical (unpaired) electrons. The summed E-state index contributed by atoms with van der Waals surface area (Å²) in [6, 6.07) is 26.0. The van der Waals surface area contributed by atoms with Gasteiger partial charge in [-0.25, -0.2) is 0 Å². The van der Waals surface area contributed by atoms with E-state index in [0.717, 1.165) is 29.7 Å². The molecular formula is C25H25NO2S. The van der Waals surface area contributed by atoms with Crippen molar-refractivity contribution in [2.24, 2.45) is 0 Å². The summed E-state index contributed by atoms with van der Waals surface area (Å²) in [5.74, 6) is 1.36. The molecule has 0 aromatic heterocycles. The van der Waals surface area contributed by atoms with Gasteiger partial charge in [0.15, 0.2) is 0 Å². The minimum atomic E-state index is -0.984. The van der Waals surface area contributed by atoms with E-state index in [-0.39, 0.29) is 5.91 Å². The van der Waals surface area contributed by atoms with E-state index in [1.165, 1.54) is 11.1 Å². The molecule has 29 heavy (non-hydrogen) atoms. The fraction of sp³-hybridized carbons (Fsp3) is 0.240. The Morgan fingerprint density at radius 1 is 0.897 bits per heavy atom. The Morgan fingerprint density at radius 2 is 1.62 bits per heavy atom. The number of hydrogen-bond acceptors (Lipinski definition) is 2. The molecule has 0 saturated heterocycles. The number of nitrogens with one attached hydrogen (secondary N) is 1. The summed E-state index contributed by atoms with van der Waals surface area (Å²) in [6.45, 7) is 0. The molecule has 4 heteroatoms. The number of aryl methyl sites for hydroxylation is 1. The highest BCUT2D eigenvalue weighted by Gasteiger charge is 2.24. The zero-order valence-electron chi connectivity index (χ0n) is 16.3. The molecule has 1 aliphatic carbocycles. The minimum Gasteiger partial charge on any atom is -0.326 e. The van der Waals surface area contributed by atoms with Gasteiger partial charge in [-0.3, -0.25) is 9.00 Å². The zero-order valence-corrected chi connectivity index (χ0v) is 17.2. The van der Waals surface area contributed by atoms with Crippen LogP contribution < -0.4 is 5.32 Å². The summed E-state index contributed by atoms with van der Waals surface area (Å²) in [5.41, 5.74) is 5.51. The minimum absolute atomic E-state index is 0.0364. The van der Waals surface area contributed by atoms with Gasteiger partial charge in [0.05, 0.1) is 0 Å². The number of amides is 1. The Kier molecular flexibility index (Phi) is 6.20. The maximum atomic E-state index is 12.6. The average Bonchev–Trinajstić information content (AvgIpc) is 3.12. The molecule has 0 bridgehead atoms. The Balaban J connectivity index is 1.34. The lowest BCUT2D eigenvalue weighted by Crippen LogP contribution is -2.14. The van der Waals surface area contributed by atoms with Gasteiger partial charge in [0.1, 0.15) is 0 Å². The highest BCUT2D eigenvalue weighted by Crippen LogP contribution is 2.35. The Bertz CT molecular complexity index is 1020. The SMILES string of the molecule is O=C(CC1CCc2ccccc21)Nc1cccc(CS(=O)Cc2ccccc2)c1. The molecule has 1 N–H and O–H groups in total.